The third-order valence-corrected chi connectivity index (χ3v) is 6.09. The highest BCUT2D eigenvalue weighted by Crippen LogP contribution is 2.29. The average Bonchev–Trinajstić information content (AvgIpc) is 2.61. The van der Waals surface area contributed by atoms with Crippen molar-refractivity contribution in [2.24, 2.45) is 0 Å². The monoisotopic (exact) mass is 370 g/mol. The average molecular weight is 370 g/mol. The predicted octanol–water partition coefficient (Wildman–Crippen LogP) is 1.30. The van der Waals surface area contributed by atoms with Crippen molar-refractivity contribution in [1.82, 2.24) is 9.21 Å². The fourth-order valence-corrected chi connectivity index (χ4v) is 3.92. The molecule has 1 aliphatic heterocycles. The van der Waals surface area contributed by atoms with E-state index >= 15 is 0 Å². The van der Waals surface area contributed by atoms with Crippen molar-refractivity contribution < 1.29 is 22.7 Å². The van der Waals surface area contributed by atoms with Crippen LogP contribution in [0.1, 0.15) is 25.3 Å². The molecule has 1 aromatic rings. The molecule has 0 aliphatic carbocycles. The minimum Gasteiger partial charge on any atom is -0.495 e. The van der Waals surface area contributed by atoms with Crippen LogP contribution in [-0.4, -0.2) is 70.5 Å². The Hall–Kier alpha value is -1.64. The Morgan fingerprint density at radius 3 is 2.52 bits per heavy atom. The summed E-state index contributed by atoms with van der Waals surface area (Å²) in [6, 6.07) is 5.12. The molecule has 0 radical (unpaired) electrons. The molecule has 2 rings (SSSR count). The van der Waals surface area contributed by atoms with Gasteiger partial charge in [0, 0.05) is 20.1 Å². The van der Waals surface area contributed by atoms with Crippen LogP contribution < -0.4 is 4.74 Å². The van der Waals surface area contributed by atoms with Gasteiger partial charge in [-0.05, 0) is 23.6 Å². The molecular weight excluding hydrogens is 344 g/mol. The molecule has 0 N–H and O–H groups in total. The zero-order valence-corrected chi connectivity index (χ0v) is 16.0. The van der Waals surface area contributed by atoms with Gasteiger partial charge >= 0.3 is 0 Å². The first-order valence-electron chi connectivity index (χ1n) is 8.27. The number of hydrogen-bond acceptors (Lipinski definition) is 5. The molecule has 1 fully saturated rings. The summed E-state index contributed by atoms with van der Waals surface area (Å²) < 4.78 is 37.4. The summed E-state index contributed by atoms with van der Waals surface area (Å²) in [5.74, 6) is 0.226. The van der Waals surface area contributed by atoms with Crippen molar-refractivity contribution in [1.29, 1.82) is 0 Å². The summed E-state index contributed by atoms with van der Waals surface area (Å²) >= 11 is 0. The van der Waals surface area contributed by atoms with E-state index < -0.39 is 10.0 Å². The highest BCUT2D eigenvalue weighted by atomic mass is 32.2. The molecule has 8 heteroatoms. The van der Waals surface area contributed by atoms with Crippen LogP contribution in [0, 0.1) is 0 Å². The first kappa shape index (κ1) is 19.7. The van der Waals surface area contributed by atoms with E-state index in [9.17, 15) is 13.2 Å². The quantitative estimate of drug-likeness (QED) is 0.754. The van der Waals surface area contributed by atoms with E-state index in [1.165, 1.54) is 14.2 Å². The molecule has 0 atom stereocenters. The molecule has 0 saturated carbocycles. The highest BCUT2D eigenvalue weighted by Gasteiger charge is 2.29. The van der Waals surface area contributed by atoms with E-state index in [2.05, 4.69) is 0 Å². The van der Waals surface area contributed by atoms with Crippen molar-refractivity contribution in [2.45, 2.75) is 24.7 Å². The van der Waals surface area contributed by atoms with Gasteiger partial charge in [-0.25, -0.2) is 8.42 Å². The maximum Gasteiger partial charge on any atom is 0.246 e. The summed E-state index contributed by atoms with van der Waals surface area (Å²) in [5.41, 5.74) is 0.896. The van der Waals surface area contributed by atoms with E-state index in [4.69, 9.17) is 9.47 Å². The van der Waals surface area contributed by atoms with Gasteiger partial charge in [0.25, 0.3) is 0 Å². The normalized spacial score (nSPS) is 15.7. The van der Waals surface area contributed by atoms with E-state index in [-0.39, 0.29) is 29.0 Å². The Bertz CT molecular complexity index is 712. The van der Waals surface area contributed by atoms with Crippen LogP contribution in [0.2, 0.25) is 0 Å². The van der Waals surface area contributed by atoms with Gasteiger partial charge in [-0.1, -0.05) is 19.9 Å². The molecule has 0 unspecified atom stereocenters. The first-order valence-corrected chi connectivity index (χ1v) is 9.71. The maximum absolute atomic E-state index is 13.0. The second-order valence-electron chi connectivity index (χ2n) is 6.32. The largest absolute Gasteiger partial charge is 0.495 e. The van der Waals surface area contributed by atoms with Crippen LogP contribution in [0.15, 0.2) is 23.1 Å². The van der Waals surface area contributed by atoms with E-state index in [1.807, 2.05) is 19.9 Å². The second-order valence-corrected chi connectivity index (χ2v) is 8.33. The molecule has 1 saturated heterocycles. The first-order chi connectivity index (χ1) is 11.8. The van der Waals surface area contributed by atoms with Crippen molar-refractivity contribution in [3.05, 3.63) is 23.8 Å². The molecule has 0 aromatic heterocycles. The molecule has 1 heterocycles. The zero-order chi connectivity index (χ0) is 18.6. The number of methoxy groups -OCH3 is 1. The number of rotatable bonds is 6. The van der Waals surface area contributed by atoms with Gasteiger partial charge in [0.2, 0.25) is 15.9 Å². The number of sulfonamides is 1. The summed E-state index contributed by atoms with van der Waals surface area (Å²) in [7, 11) is -0.997. The topological polar surface area (TPSA) is 76.2 Å². The Balaban J connectivity index is 2.24. The molecule has 25 heavy (non-hydrogen) atoms. The van der Waals surface area contributed by atoms with Gasteiger partial charge in [0.1, 0.15) is 10.6 Å². The van der Waals surface area contributed by atoms with E-state index in [0.29, 0.717) is 26.3 Å². The van der Waals surface area contributed by atoms with E-state index in [0.717, 1.165) is 9.87 Å². The van der Waals surface area contributed by atoms with Crippen LogP contribution in [0.3, 0.4) is 0 Å². The van der Waals surface area contributed by atoms with Crippen LogP contribution in [0.5, 0.6) is 5.75 Å². The van der Waals surface area contributed by atoms with Crippen molar-refractivity contribution in [2.75, 3.05) is 47.0 Å². The molecule has 0 bridgehead atoms. The molecule has 1 amide bonds. The SMILES string of the molecule is COc1ccc(C(C)C)cc1S(=O)(=O)N(C)CC(=O)N1CCOCC1. The van der Waals surface area contributed by atoms with Gasteiger partial charge in [-0.15, -0.1) is 0 Å². The zero-order valence-electron chi connectivity index (χ0n) is 15.2. The van der Waals surface area contributed by atoms with Gasteiger partial charge in [0.15, 0.2) is 0 Å². The summed E-state index contributed by atoms with van der Waals surface area (Å²) in [6.45, 7) is 5.70. The summed E-state index contributed by atoms with van der Waals surface area (Å²) in [5, 5.41) is 0. The third-order valence-electron chi connectivity index (χ3n) is 4.26. The van der Waals surface area contributed by atoms with Crippen molar-refractivity contribution in [3.63, 3.8) is 0 Å². The van der Waals surface area contributed by atoms with Crippen LogP contribution in [0.4, 0.5) is 0 Å². The Morgan fingerprint density at radius 2 is 1.96 bits per heavy atom. The van der Waals surface area contributed by atoms with Crippen molar-refractivity contribution in [3.8, 4) is 5.75 Å². The Labute approximate surface area is 149 Å². The van der Waals surface area contributed by atoms with Crippen molar-refractivity contribution >= 4 is 15.9 Å². The summed E-state index contributed by atoms with van der Waals surface area (Å²) in [6.07, 6.45) is 0. The molecule has 0 spiro atoms. The minimum absolute atomic E-state index is 0.0819. The van der Waals surface area contributed by atoms with Gasteiger partial charge < -0.3 is 14.4 Å². The Kier molecular flexibility index (Phi) is 6.42. The number of carbonyl (C=O) groups is 1. The van der Waals surface area contributed by atoms with Gasteiger partial charge in [-0.3, -0.25) is 4.79 Å². The van der Waals surface area contributed by atoms with Crippen LogP contribution in [-0.2, 0) is 19.6 Å². The standard InChI is InChI=1S/C17H26N2O5S/c1-13(2)14-5-6-15(23-4)16(11-14)25(21,22)18(3)12-17(20)19-7-9-24-10-8-19/h5-6,11,13H,7-10,12H2,1-4H3. The maximum atomic E-state index is 13.0. The minimum atomic E-state index is -3.84. The van der Waals surface area contributed by atoms with Crippen LogP contribution in [0.25, 0.3) is 0 Å². The Morgan fingerprint density at radius 1 is 1.32 bits per heavy atom. The third kappa shape index (κ3) is 4.50. The number of likely N-dealkylation sites (N-methyl/N-ethyl adjacent to an activating group) is 1. The molecule has 1 aromatic carbocycles. The fourth-order valence-electron chi connectivity index (χ4n) is 2.61. The second kappa shape index (κ2) is 8.16. The van der Waals surface area contributed by atoms with Crippen LogP contribution >= 0.6 is 0 Å². The number of carbonyl (C=O) groups excluding carboxylic acids is 1. The predicted molar refractivity (Wildman–Crippen MR) is 94.3 cm³/mol. The molecule has 1 aliphatic rings. The lowest BCUT2D eigenvalue weighted by Crippen LogP contribution is -2.46. The fraction of sp³-hybridized carbons (Fsp3) is 0.588. The lowest BCUT2D eigenvalue weighted by atomic mass is 10.0. The number of hydrogen-bond donors (Lipinski definition) is 0. The number of benzene rings is 1. The highest BCUT2D eigenvalue weighted by molar-refractivity contribution is 7.89. The molecule has 7 nitrogen and oxygen atoms in total. The molecular formula is C17H26N2O5S. The number of nitrogens with zero attached hydrogens (tertiary/aromatic N) is 2. The van der Waals surface area contributed by atoms with Gasteiger partial charge in [-0.2, -0.15) is 4.31 Å². The lowest BCUT2D eigenvalue weighted by molar-refractivity contribution is -0.135. The number of amides is 1. The summed E-state index contributed by atoms with van der Waals surface area (Å²) in [4.78, 5) is 14.1. The number of morpholine rings is 1. The van der Waals surface area contributed by atoms with E-state index in [1.54, 1.807) is 17.0 Å². The smallest absolute Gasteiger partial charge is 0.246 e. The molecule has 140 valence electrons. The number of ether oxygens (including phenoxy) is 2. The van der Waals surface area contributed by atoms with Gasteiger partial charge in [0.05, 0.1) is 26.9 Å². The lowest BCUT2D eigenvalue weighted by Gasteiger charge is -2.28.